The molecule has 1 amide bonds. The molecular weight excluding hydrogens is 345 g/mol. The molecule has 110 valence electrons. The summed E-state index contributed by atoms with van der Waals surface area (Å²) in [6.45, 7) is 2.66. The summed E-state index contributed by atoms with van der Waals surface area (Å²) >= 11 is 7.98. The van der Waals surface area contributed by atoms with Crippen LogP contribution in [-0.2, 0) is 4.79 Å². The van der Waals surface area contributed by atoms with E-state index in [-0.39, 0.29) is 21.9 Å². The smallest absolute Gasteiger partial charge is 0.239 e. The van der Waals surface area contributed by atoms with Gasteiger partial charge in [0.25, 0.3) is 0 Å². The van der Waals surface area contributed by atoms with Gasteiger partial charge in [-0.25, -0.2) is 4.39 Å². The van der Waals surface area contributed by atoms with Gasteiger partial charge < -0.3 is 16.0 Å². The predicted octanol–water partition coefficient (Wildman–Crippen LogP) is 2.18. The van der Waals surface area contributed by atoms with E-state index in [1.165, 1.54) is 4.90 Å². The molecule has 7 heteroatoms. The molecule has 3 N–H and O–H groups in total. The molecule has 0 fully saturated rings. The molecule has 0 saturated heterocycles. The van der Waals surface area contributed by atoms with Crippen molar-refractivity contribution < 1.29 is 9.18 Å². The van der Waals surface area contributed by atoms with E-state index in [2.05, 4.69) is 21.2 Å². The molecule has 1 rings (SSSR count). The van der Waals surface area contributed by atoms with Crippen LogP contribution in [-0.4, -0.2) is 31.0 Å². The Morgan fingerprint density at radius 3 is 2.75 bits per heavy atom. The van der Waals surface area contributed by atoms with Gasteiger partial charge in [0.1, 0.15) is 4.99 Å². The minimum absolute atomic E-state index is 0.0791. The number of halogens is 2. The highest BCUT2D eigenvalue weighted by atomic mass is 79.9. The molecule has 20 heavy (non-hydrogen) atoms. The van der Waals surface area contributed by atoms with Crippen LogP contribution >= 0.6 is 28.1 Å². The first-order chi connectivity index (χ1) is 9.38. The maximum absolute atomic E-state index is 14.2. The Labute approximate surface area is 131 Å². The topological polar surface area (TPSA) is 58.4 Å². The van der Waals surface area contributed by atoms with Crippen LogP contribution in [0, 0.1) is 5.82 Å². The fourth-order valence-electron chi connectivity index (χ4n) is 1.65. The molecule has 0 unspecified atom stereocenters. The Bertz CT molecular complexity index is 525. The van der Waals surface area contributed by atoms with Crippen LogP contribution in [0.5, 0.6) is 0 Å². The Balaban J connectivity index is 2.89. The van der Waals surface area contributed by atoms with Gasteiger partial charge in [0.2, 0.25) is 5.91 Å². The minimum Gasteiger partial charge on any atom is -0.389 e. The van der Waals surface area contributed by atoms with Gasteiger partial charge in [-0.05, 0) is 34.5 Å². The lowest BCUT2D eigenvalue weighted by atomic mass is 10.2. The lowest BCUT2D eigenvalue weighted by molar-refractivity contribution is -0.119. The molecule has 0 aliphatic heterocycles. The largest absolute Gasteiger partial charge is 0.389 e. The molecule has 4 nitrogen and oxygen atoms in total. The van der Waals surface area contributed by atoms with Crippen LogP contribution in [0.3, 0.4) is 0 Å². The maximum atomic E-state index is 14.2. The second-order valence-corrected chi connectivity index (χ2v) is 5.56. The molecule has 0 spiro atoms. The molecular formula is C13H17BrFN3OS. The van der Waals surface area contributed by atoms with Crippen molar-refractivity contribution >= 4 is 44.7 Å². The number of thiocarbonyl (C=S) groups is 1. The number of hydrogen-bond donors (Lipinski definition) is 2. The molecule has 0 aromatic heterocycles. The molecule has 0 atom stereocenters. The molecule has 0 bridgehead atoms. The van der Waals surface area contributed by atoms with Gasteiger partial charge in [-0.1, -0.05) is 19.1 Å². The molecule has 0 heterocycles. The summed E-state index contributed by atoms with van der Waals surface area (Å²) in [5, 5.41) is 2.74. The predicted molar refractivity (Wildman–Crippen MR) is 86.6 cm³/mol. The van der Waals surface area contributed by atoms with Crippen LogP contribution in [0.15, 0.2) is 16.6 Å². The van der Waals surface area contributed by atoms with Crippen molar-refractivity contribution in [3.63, 3.8) is 0 Å². The third-order valence-corrected chi connectivity index (χ3v) is 3.69. The number of likely N-dealkylation sites (N-methyl/N-ethyl adjacent to an activating group) is 1. The van der Waals surface area contributed by atoms with Gasteiger partial charge in [-0.2, -0.15) is 0 Å². The van der Waals surface area contributed by atoms with Crippen molar-refractivity contribution in [3.05, 3.63) is 28.0 Å². The van der Waals surface area contributed by atoms with Crippen molar-refractivity contribution in [2.45, 2.75) is 13.3 Å². The first-order valence-corrected chi connectivity index (χ1v) is 7.34. The van der Waals surface area contributed by atoms with Gasteiger partial charge in [0.05, 0.1) is 16.7 Å². The van der Waals surface area contributed by atoms with Gasteiger partial charge in [0, 0.05) is 19.2 Å². The second-order valence-electron chi connectivity index (χ2n) is 4.33. The Kier molecular flexibility index (Phi) is 6.35. The number of benzene rings is 1. The van der Waals surface area contributed by atoms with Crippen molar-refractivity contribution in [2.24, 2.45) is 5.73 Å². The van der Waals surface area contributed by atoms with Crippen molar-refractivity contribution in [2.75, 3.05) is 25.0 Å². The Morgan fingerprint density at radius 2 is 2.20 bits per heavy atom. The fourth-order valence-corrected chi connectivity index (χ4v) is 2.50. The lowest BCUT2D eigenvalue weighted by Gasteiger charge is -2.20. The average Bonchev–Trinajstić information content (AvgIpc) is 2.38. The zero-order valence-corrected chi connectivity index (χ0v) is 13.8. The summed E-state index contributed by atoms with van der Waals surface area (Å²) < 4.78 is 14.5. The first kappa shape index (κ1) is 16.8. The summed E-state index contributed by atoms with van der Waals surface area (Å²) in [5.74, 6) is -0.635. The van der Waals surface area contributed by atoms with Crippen LogP contribution in [0.25, 0.3) is 0 Å². The number of carbonyl (C=O) groups excluding carboxylic acids is 1. The van der Waals surface area contributed by atoms with Crippen molar-refractivity contribution in [1.82, 2.24) is 5.32 Å². The number of nitrogens with zero attached hydrogens (tertiary/aromatic N) is 1. The highest BCUT2D eigenvalue weighted by Gasteiger charge is 2.17. The SMILES string of the molecule is CCCNC(=O)CN(C)c1ccc(C(N)=S)c(Br)c1F. The quantitative estimate of drug-likeness (QED) is 0.762. The van der Waals surface area contributed by atoms with Gasteiger partial charge in [-0.15, -0.1) is 0 Å². The third-order valence-electron chi connectivity index (χ3n) is 2.69. The highest BCUT2D eigenvalue weighted by molar-refractivity contribution is 9.10. The first-order valence-electron chi connectivity index (χ1n) is 6.14. The summed E-state index contributed by atoms with van der Waals surface area (Å²) in [6.07, 6.45) is 0.859. The van der Waals surface area contributed by atoms with E-state index in [9.17, 15) is 9.18 Å². The molecule has 1 aromatic rings. The van der Waals surface area contributed by atoms with E-state index in [1.807, 2.05) is 6.92 Å². The maximum Gasteiger partial charge on any atom is 0.239 e. The summed E-state index contributed by atoms with van der Waals surface area (Å²) in [4.78, 5) is 13.3. The average molecular weight is 362 g/mol. The normalized spacial score (nSPS) is 10.2. The lowest BCUT2D eigenvalue weighted by Crippen LogP contribution is -2.35. The van der Waals surface area contributed by atoms with Crippen LogP contribution < -0.4 is 16.0 Å². The Morgan fingerprint density at radius 1 is 1.55 bits per heavy atom. The zero-order chi connectivity index (χ0) is 15.3. The number of hydrogen-bond acceptors (Lipinski definition) is 3. The van der Waals surface area contributed by atoms with E-state index in [0.29, 0.717) is 17.8 Å². The number of rotatable bonds is 6. The van der Waals surface area contributed by atoms with E-state index in [0.717, 1.165) is 6.42 Å². The zero-order valence-electron chi connectivity index (χ0n) is 11.4. The third kappa shape index (κ3) is 4.14. The summed E-state index contributed by atoms with van der Waals surface area (Å²) in [7, 11) is 1.65. The number of nitrogens with one attached hydrogen (secondary N) is 1. The summed E-state index contributed by atoms with van der Waals surface area (Å²) in [5.41, 5.74) is 6.25. The molecule has 0 saturated carbocycles. The molecule has 0 aliphatic carbocycles. The Hall–Kier alpha value is -1.21. The fraction of sp³-hybridized carbons (Fsp3) is 0.385. The molecule has 0 aliphatic rings. The van der Waals surface area contributed by atoms with Crippen LogP contribution in [0.4, 0.5) is 10.1 Å². The second kappa shape index (κ2) is 7.54. The van der Waals surface area contributed by atoms with Gasteiger partial charge >= 0.3 is 0 Å². The van der Waals surface area contributed by atoms with E-state index in [1.54, 1.807) is 19.2 Å². The molecule has 0 radical (unpaired) electrons. The van der Waals surface area contributed by atoms with Crippen LogP contribution in [0.2, 0.25) is 0 Å². The monoisotopic (exact) mass is 361 g/mol. The van der Waals surface area contributed by atoms with Crippen LogP contribution in [0.1, 0.15) is 18.9 Å². The van der Waals surface area contributed by atoms with E-state index in [4.69, 9.17) is 18.0 Å². The minimum atomic E-state index is -0.485. The van der Waals surface area contributed by atoms with Gasteiger partial charge in [-0.3, -0.25) is 4.79 Å². The number of nitrogens with two attached hydrogens (primary N) is 1. The summed E-state index contributed by atoms with van der Waals surface area (Å²) in [6, 6.07) is 3.19. The van der Waals surface area contributed by atoms with Crippen molar-refractivity contribution in [3.8, 4) is 0 Å². The standard InChI is InChI=1S/C13H17BrFN3OS/c1-3-6-17-10(19)7-18(2)9-5-4-8(13(16)20)11(14)12(9)15/h4-5H,3,6-7H2,1-2H3,(H2,16,20)(H,17,19). The van der Waals surface area contributed by atoms with E-state index < -0.39 is 5.82 Å². The number of carbonyl (C=O) groups is 1. The number of anilines is 1. The van der Waals surface area contributed by atoms with Gasteiger partial charge in [0.15, 0.2) is 5.82 Å². The number of amides is 1. The highest BCUT2D eigenvalue weighted by Crippen LogP contribution is 2.28. The van der Waals surface area contributed by atoms with Crippen molar-refractivity contribution in [1.29, 1.82) is 0 Å². The molecule has 1 aromatic carbocycles. The van der Waals surface area contributed by atoms with E-state index >= 15 is 0 Å².